The lowest BCUT2D eigenvalue weighted by Gasteiger charge is -2.15. The molecule has 0 spiro atoms. The second kappa shape index (κ2) is 8.68. The first kappa shape index (κ1) is 19.7. The number of nitrogens with one attached hydrogen (secondary N) is 2. The van der Waals surface area contributed by atoms with Gasteiger partial charge < -0.3 is 14.8 Å². The van der Waals surface area contributed by atoms with E-state index in [0.29, 0.717) is 5.75 Å². The van der Waals surface area contributed by atoms with Gasteiger partial charge in [0.2, 0.25) is 10.0 Å². The van der Waals surface area contributed by atoms with Crippen molar-refractivity contribution in [2.75, 3.05) is 20.8 Å². The minimum absolute atomic E-state index is 0.0368. The summed E-state index contributed by atoms with van der Waals surface area (Å²) >= 11 is 0. The van der Waals surface area contributed by atoms with E-state index in [4.69, 9.17) is 9.47 Å². The molecule has 0 saturated heterocycles. The van der Waals surface area contributed by atoms with Gasteiger partial charge in [0.25, 0.3) is 5.91 Å². The first-order chi connectivity index (χ1) is 12.4. The number of carbonyl (C=O) groups excluding carboxylic acids is 1. The summed E-state index contributed by atoms with van der Waals surface area (Å²) in [5, 5.41) is 2.78. The second-order valence-corrected chi connectivity index (χ2v) is 7.48. The Bertz CT molecular complexity index is 850. The Morgan fingerprint density at radius 1 is 1.12 bits per heavy atom. The van der Waals surface area contributed by atoms with Crippen molar-refractivity contribution in [3.8, 4) is 11.5 Å². The molecule has 0 unspecified atom stereocenters. The van der Waals surface area contributed by atoms with Crippen LogP contribution in [0.5, 0.6) is 11.5 Å². The Morgan fingerprint density at radius 3 is 2.38 bits per heavy atom. The van der Waals surface area contributed by atoms with Gasteiger partial charge in [-0.25, -0.2) is 13.1 Å². The van der Waals surface area contributed by atoms with Crippen LogP contribution in [0.25, 0.3) is 0 Å². The lowest BCUT2D eigenvalue weighted by Crippen LogP contribution is -2.36. The summed E-state index contributed by atoms with van der Waals surface area (Å²) in [4.78, 5) is 12.4. The van der Waals surface area contributed by atoms with Crippen molar-refractivity contribution >= 4 is 15.9 Å². The first-order valence-electron chi connectivity index (χ1n) is 7.97. The monoisotopic (exact) mass is 378 g/mol. The lowest BCUT2D eigenvalue weighted by atomic mass is 10.2. The third-order valence-corrected chi connectivity index (χ3v) is 5.02. The number of carbonyl (C=O) groups is 1. The number of hydrogen-bond donors (Lipinski definition) is 2. The number of ether oxygens (including phenoxy) is 2. The number of rotatable bonds is 8. The van der Waals surface area contributed by atoms with E-state index in [1.807, 2.05) is 0 Å². The summed E-state index contributed by atoms with van der Waals surface area (Å²) in [6.45, 7) is 2.07. The SMILES string of the molecule is CNS(=O)(=O)c1cccc(C(=O)N[C@@H](C)COc2ccc(OC)cc2)c1. The van der Waals surface area contributed by atoms with E-state index in [0.717, 1.165) is 5.75 Å². The fourth-order valence-corrected chi connectivity index (χ4v) is 2.94. The molecule has 26 heavy (non-hydrogen) atoms. The molecule has 1 amide bonds. The number of methoxy groups -OCH3 is 1. The van der Waals surface area contributed by atoms with Crippen molar-refractivity contribution < 1.29 is 22.7 Å². The molecule has 0 aliphatic rings. The fraction of sp³-hybridized carbons (Fsp3) is 0.278. The van der Waals surface area contributed by atoms with Gasteiger partial charge in [0.1, 0.15) is 18.1 Å². The highest BCUT2D eigenvalue weighted by molar-refractivity contribution is 7.89. The van der Waals surface area contributed by atoms with Crippen molar-refractivity contribution in [1.82, 2.24) is 10.0 Å². The van der Waals surface area contributed by atoms with Crippen molar-refractivity contribution in [1.29, 1.82) is 0 Å². The van der Waals surface area contributed by atoms with Crippen LogP contribution < -0.4 is 19.5 Å². The summed E-state index contributed by atoms with van der Waals surface area (Å²) < 4.78 is 36.6. The lowest BCUT2D eigenvalue weighted by molar-refractivity contribution is 0.0926. The maximum Gasteiger partial charge on any atom is 0.251 e. The number of sulfonamides is 1. The summed E-state index contributed by atoms with van der Waals surface area (Å²) in [5.41, 5.74) is 0.262. The van der Waals surface area contributed by atoms with Crippen molar-refractivity contribution in [3.63, 3.8) is 0 Å². The van der Waals surface area contributed by atoms with Crippen LogP contribution in [0.2, 0.25) is 0 Å². The van der Waals surface area contributed by atoms with Crippen LogP contribution in [-0.2, 0) is 10.0 Å². The maximum absolute atomic E-state index is 12.3. The molecule has 2 N–H and O–H groups in total. The van der Waals surface area contributed by atoms with Gasteiger partial charge >= 0.3 is 0 Å². The first-order valence-corrected chi connectivity index (χ1v) is 9.45. The van der Waals surface area contributed by atoms with Gasteiger partial charge in [0.15, 0.2) is 0 Å². The van der Waals surface area contributed by atoms with Gasteiger partial charge in [-0.15, -0.1) is 0 Å². The summed E-state index contributed by atoms with van der Waals surface area (Å²) in [6.07, 6.45) is 0. The zero-order valence-corrected chi connectivity index (χ0v) is 15.7. The molecule has 2 rings (SSSR count). The largest absolute Gasteiger partial charge is 0.497 e. The zero-order valence-electron chi connectivity index (χ0n) is 14.9. The molecule has 1 atom stereocenters. The molecule has 0 saturated carbocycles. The molecule has 0 aromatic heterocycles. The van der Waals surface area contributed by atoms with Gasteiger partial charge in [0.05, 0.1) is 18.0 Å². The second-order valence-electron chi connectivity index (χ2n) is 5.60. The van der Waals surface area contributed by atoms with Crippen LogP contribution in [0, 0.1) is 0 Å². The number of amides is 1. The molecule has 0 fully saturated rings. The van der Waals surface area contributed by atoms with Crippen molar-refractivity contribution in [3.05, 3.63) is 54.1 Å². The minimum atomic E-state index is -3.60. The molecule has 2 aromatic rings. The van der Waals surface area contributed by atoms with E-state index < -0.39 is 10.0 Å². The van der Waals surface area contributed by atoms with Gasteiger partial charge in [0, 0.05) is 5.56 Å². The molecular weight excluding hydrogens is 356 g/mol. The summed E-state index contributed by atoms with van der Waals surface area (Å²) in [5.74, 6) is 1.02. The molecule has 0 heterocycles. The normalized spacial score (nSPS) is 12.3. The minimum Gasteiger partial charge on any atom is -0.497 e. The smallest absolute Gasteiger partial charge is 0.251 e. The molecular formula is C18H22N2O5S. The Balaban J connectivity index is 1.95. The Hall–Kier alpha value is -2.58. The number of benzene rings is 2. The van der Waals surface area contributed by atoms with Gasteiger partial charge in [-0.05, 0) is 56.4 Å². The summed E-state index contributed by atoms with van der Waals surface area (Å²) in [7, 11) is -0.692. The van der Waals surface area contributed by atoms with Crippen molar-refractivity contribution in [2.24, 2.45) is 0 Å². The van der Waals surface area contributed by atoms with Crippen LogP contribution in [0.3, 0.4) is 0 Å². The van der Waals surface area contributed by atoms with E-state index in [1.54, 1.807) is 44.4 Å². The highest BCUT2D eigenvalue weighted by Crippen LogP contribution is 2.17. The van der Waals surface area contributed by atoms with Gasteiger partial charge in [-0.3, -0.25) is 4.79 Å². The van der Waals surface area contributed by atoms with Crippen LogP contribution >= 0.6 is 0 Å². The van der Waals surface area contributed by atoms with E-state index in [2.05, 4.69) is 10.0 Å². The molecule has 2 aromatic carbocycles. The number of hydrogen-bond acceptors (Lipinski definition) is 5. The van der Waals surface area contributed by atoms with E-state index in [9.17, 15) is 13.2 Å². The third-order valence-electron chi connectivity index (χ3n) is 3.61. The molecule has 0 bridgehead atoms. The van der Waals surface area contributed by atoms with Gasteiger partial charge in [-0.1, -0.05) is 6.07 Å². The molecule has 8 heteroatoms. The molecule has 0 aliphatic carbocycles. The standard InChI is InChI=1S/C18H22N2O5S/c1-13(12-25-16-9-7-15(24-3)8-10-16)20-18(21)14-5-4-6-17(11-14)26(22,23)19-2/h4-11,13,19H,12H2,1-3H3,(H,20,21)/t13-/m0/s1. The van der Waals surface area contributed by atoms with E-state index in [1.165, 1.54) is 25.2 Å². The molecule has 7 nitrogen and oxygen atoms in total. The van der Waals surface area contributed by atoms with Crippen LogP contribution in [0.1, 0.15) is 17.3 Å². The van der Waals surface area contributed by atoms with Crippen molar-refractivity contribution in [2.45, 2.75) is 17.9 Å². The van der Waals surface area contributed by atoms with Crippen LogP contribution in [0.4, 0.5) is 0 Å². The fourth-order valence-electron chi connectivity index (χ4n) is 2.16. The molecule has 0 aliphatic heterocycles. The zero-order chi connectivity index (χ0) is 19.2. The van der Waals surface area contributed by atoms with E-state index >= 15 is 0 Å². The topological polar surface area (TPSA) is 93.7 Å². The van der Waals surface area contributed by atoms with Crippen LogP contribution in [0.15, 0.2) is 53.4 Å². The summed E-state index contributed by atoms with van der Waals surface area (Å²) in [6, 6.07) is 12.7. The highest BCUT2D eigenvalue weighted by Gasteiger charge is 2.15. The van der Waals surface area contributed by atoms with E-state index in [-0.39, 0.29) is 29.0 Å². The van der Waals surface area contributed by atoms with Crippen LogP contribution in [-0.4, -0.2) is 41.1 Å². The Kier molecular flexibility index (Phi) is 6.59. The van der Waals surface area contributed by atoms with Gasteiger partial charge in [-0.2, -0.15) is 0 Å². The molecule has 140 valence electrons. The molecule has 0 radical (unpaired) electrons. The average molecular weight is 378 g/mol. The maximum atomic E-state index is 12.3. The quantitative estimate of drug-likeness (QED) is 0.731. The Labute approximate surface area is 153 Å². The Morgan fingerprint density at radius 2 is 1.77 bits per heavy atom. The highest BCUT2D eigenvalue weighted by atomic mass is 32.2. The predicted octanol–water partition coefficient (Wildman–Crippen LogP) is 1.80. The average Bonchev–Trinajstić information content (AvgIpc) is 2.66. The third kappa shape index (κ3) is 5.21. The predicted molar refractivity (Wildman–Crippen MR) is 98.1 cm³/mol.